The molecule has 0 radical (unpaired) electrons. The van der Waals surface area contributed by atoms with Crippen molar-refractivity contribution in [2.75, 3.05) is 13.7 Å². The average Bonchev–Trinajstić information content (AvgIpc) is 2.66. The lowest BCUT2D eigenvalue weighted by molar-refractivity contribution is 0.189. The molecule has 1 saturated carbocycles. The third-order valence-corrected chi connectivity index (χ3v) is 4.12. The maximum absolute atomic E-state index is 11.3. The molecule has 76 valence electrons. The van der Waals surface area contributed by atoms with E-state index in [1.165, 1.54) is 11.8 Å². The van der Waals surface area contributed by atoms with Crippen LogP contribution in [0.1, 0.15) is 12.8 Å². The summed E-state index contributed by atoms with van der Waals surface area (Å²) in [6.45, 7) is 0.0373. The van der Waals surface area contributed by atoms with Crippen molar-refractivity contribution in [1.82, 2.24) is 4.72 Å². The molecule has 0 saturated heterocycles. The number of methoxy groups -OCH3 is 1. The summed E-state index contributed by atoms with van der Waals surface area (Å²) in [5.41, 5.74) is 0. The largest absolute Gasteiger partial charge is 0.464 e. The summed E-state index contributed by atoms with van der Waals surface area (Å²) in [7, 11) is -2.40. The molecule has 0 unspecified atom stereocenters. The number of hydrogen-bond acceptors (Lipinski definition) is 4. The average molecular weight is 209 g/mol. The minimum Gasteiger partial charge on any atom is -0.464 e. The molecule has 7 heteroatoms. The van der Waals surface area contributed by atoms with Crippen LogP contribution >= 0.6 is 0 Å². The van der Waals surface area contributed by atoms with Crippen molar-refractivity contribution in [3.63, 3.8) is 0 Å². The molecule has 13 heavy (non-hydrogen) atoms. The van der Waals surface area contributed by atoms with Crippen LogP contribution in [0.3, 0.4) is 0 Å². The number of amides is 1. The Hall–Kier alpha value is -0.820. The van der Waals surface area contributed by atoms with Gasteiger partial charge in [-0.3, -0.25) is 0 Å². The first-order valence-electron chi connectivity index (χ1n) is 3.68. The van der Waals surface area contributed by atoms with Gasteiger partial charge in [-0.15, -0.1) is 0 Å². The number of carbonyl (C=O) groups is 1. The second-order valence-electron chi connectivity index (χ2n) is 3.03. The van der Waals surface area contributed by atoms with Gasteiger partial charge in [-0.05, 0) is 12.8 Å². The summed E-state index contributed by atoms with van der Waals surface area (Å²) >= 11 is 0. The van der Waals surface area contributed by atoms with E-state index in [2.05, 4.69) is 0 Å². The predicted octanol–water partition coefficient (Wildman–Crippen LogP) is -0.237. The first kappa shape index (κ1) is 10.3. The maximum atomic E-state index is 11.3. The Labute approximate surface area is 75.9 Å². The standard InChI is InChI=1S/C6H11NO5S/c1-12-4-6(2-3-6)13(10,11)7-5(8)9/h7H,2-4H2,1H3,(H,8,9). The number of nitrogens with one attached hydrogen (secondary N) is 1. The Kier molecular flexibility index (Phi) is 2.49. The molecule has 2 N–H and O–H groups in total. The maximum Gasteiger partial charge on any atom is 0.418 e. The van der Waals surface area contributed by atoms with Crippen molar-refractivity contribution in [2.24, 2.45) is 0 Å². The summed E-state index contributed by atoms with van der Waals surface area (Å²) in [6.07, 6.45) is -0.658. The monoisotopic (exact) mass is 209 g/mol. The van der Waals surface area contributed by atoms with Gasteiger partial charge in [-0.2, -0.15) is 0 Å². The Morgan fingerprint density at radius 3 is 2.46 bits per heavy atom. The van der Waals surface area contributed by atoms with E-state index in [1.807, 2.05) is 0 Å². The molecule has 0 aromatic heterocycles. The lowest BCUT2D eigenvalue weighted by Crippen LogP contribution is -2.41. The van der Waals surface area contributed by atoms with Gasteiger partial charge in [0, 0.05) is 7.11 Å². The summed E-state index contributed by atoms with van der Waals surface area (Å²) in [4.78, 5) is 10.2. The highest BCUT2D eigenvalue weighted by Gasteiger charge is 2.55. The van der Waals surface area contributed by atoms with Crippen LogP contribution < -0.4 is 4.72 Å². The fraction of sp³-hybridized carbons (Fsp3) is 0.833. The Bertz CT molecular complexity index is 305. The molecule has 0 aromatic carbocycles. The SMILES string of the molecule is COCC1(S(=O)(=O)NC(=O)O)CC1. The zero-order chi connectivity index (χ0) is 10.1. The normalized spacial score (nSPS) is 19.5. The van der Waals surface area contributed by atoms with Gasteiger partial charge in [0.15, 0.2) is 0 Å². The van der Waals surface area contributed by atoms with Crippen LogP contribution in [-0.2, 0) is 14.8 Å². The number of sulfonamides is 1. The summed E-state index contributed by atoms with van der Waals surface area (Å²) in [5.74, 6) is 0. The Balaban J connectivity index is 2.75. The third kappa shape index (κ3) is 1.92. The fourth-order valence-electron chi connectivity index (χ4n) is 1.12. The molecule has 0 bridgehead atoms. The zero-order valence-corrected chi connectivity index (χ0v) is 7.93. The summed E-state index contributed by atoms with van der Waals surface area (Å²) in [6, 6.07) is 0. The quantitative estimate of drug-likeness (QED) is 0.666. The van der Waals surface area contributed by atoms with E-state index in [-0.39, 0.29) is 6.61 Å². The highest BCUT2D eigenvalue weighted by atomic mass is 32.2. The minimum absolute atomic E-state index is 0.0373. The van der Waals surface area contributed by atoms with E-state index in [4.69, 9.17) is 9.84 Å². The van der Waals surface area contributed by atoms with Crippen LogP contribution in [0.4, 0.5) is 4.79 Å². The molecule has 0 aliphatic heterocycles. The number of ether oxygens (including phenoxy) is 1. The van der Waals surface area contributed by atoms with Crippen LogP contribution in [0.15, 0.2) is 0 Å². The number of rotatable bonds is 4. The van der Waals surface area contributed by atoms with Crippen molar-refractivity contribution < 1.29 is 23.1 Å². The van der Waals surface area contributed by atoms with Crippen LogP contribution in [0.5, 0.6) is 0 Å². The molecule has 1 aliphatic carbocycles. The fourth-order valence-corrected chi connectivity index (χ4v) is 2.48. The van der Waals surface area contributed by atoms with Gasteiger partial charge >= 0.3 is 6.09 Å². The minimum atomic E-state index is -3.78. The lowest BCUT2D eigenvalue weighted by Gasteiger charge is -2.13. The van der Waals surface area contributed by atoms with Crippen molar-refractivity contribution in [3.8, 4) is 0 Å². The second kappa shape index (κ2) is 3.15. The van der Waals surface area contributed by atoms with Gasteiger partial charge < -0.3 is 9.84 Å². The van der Waals surface area contributed by atoms with E-state index in [1.54, 1.807) is 0 Å². The topological polar surface area (TPSA) is 92.7 Å². The van der Waals surface area contributed by atoms with Gasteiger partial charge in [-0.1, -0.05) is 0 Å². The van der Waals surface area contributed by atoms with Crippen LogP contribution in [0.2, 0.25) is 0 Å². The van der Waals surface area contributed by atoms with Crippen LogP contribution in [0.25, 0.3) is 0 Å². The van der Waals surface area contributed by atoms with Crippen LogP contribution in [0, 0.1) is 0 Å². The van der Waals surface area contributed by atoms with E-state index in [0.29, 0.717) is 12.8 Å². The van der Waals surface area contributed by atoms with Gasteiger partial charge in [0.2, 0.25) is 10.0 Å². The molecule has 0 atom stereocenters. The van der Waals surface area contributed by atoms with E-state index < -0.39 is 20.9 Å². The molecule has 1 rings (SSSR count). The molecule has 1 amide bonds. The van der Waals surface area contributed by atoms with Crippen molar-refractivity contribution >= 4 is 16.1 Å². The highest BCUT2D eigenvalue weighted by Crippen LogP contribution is 2.42. The molecule has 1 fully saturated rings. The summed E-state index contributed by atoms with van der Waals surface area (Å²) < 4.78 is 27.9. The first-order valence-corrected chi connectivity index (χ1v) is 5.16. The van der Waals surface area contributed by atoms with Gasteiger partial charge in [0.1, 0.15) is 4.75 Å². The lowest BCUT2D eigenvalue weighted by atomic mass is 10.4. The molecule has 0 heterocycles. The first-order chi connectivity index (χ1) is 5.93. The predicted molar refractivity (Wildman–Crippen MR) is 43.9 cm³/mol. The second-order valence-corrected chi connectivity index (χ2v) is 5.10. The summed E-state index contributed by atoms with van der Waals surface area (Å²) in [5, 5.41) is 8.28. The zero-order valence-electron chi connectivity index (χ0n) is 7.11. The third-order valence-electron chi connectivity index (χ3n) is 2.01. The molecule has 0 spiro atoms. The molecule has 6 nitrogen and oxygen atoms in total. The Morgan fingerprint density at radius 1 is 1.62 bits per heavy atom. The van der Waals surface area contributed by atoms with Gasteiger partial charge in [-0.25, -0.2) is 17.9 Å². The molecular weight excluding hydrogens is 198 g/mol. The van der Waals surface area contributed by atoms with Crippen molar-refractivity contribution in [3.05, 3.63) is 0 Å². The van der Waals surface area contributed by atoms with Gasteiger partial charge in [0.25, 0.3) is 0 Å². The van der Waals surface area contributed by atoms with Gasteiger partial charge in [0.05, 0.1) is 6.61 Å². The molecule has 1 aliphatic rings. The van der Waals surface area contributed by atoms with E-state index in [0.717, 1.165) is 0 Å². The number of carboxylic acid groups (broad SMARTS) is 1. The van der Waals surface area contributed by atoms with E-state index in [9.17, 15) is 13.2 Å². The van der Waals surface area contributed by atoms with Crippen molar-refractivity contribution in [1.29, 1.82) is 0 Å². The highest BCUT2D eigenvalue weighted by molar-refractivity contribution is 7.91. The molecule has 0 aromatic rings. The molecular formula is C6H11NO5S. The smallest absolute Gasteiger partial charge is 0.418 e. The number of hydrogen-bond donors (Lipinski definition) is 2. The Morgan fingerprint density at radius 2 is 2.15 bits per heavy atom. The van der Waals surface area contributed by atoms with E-state index >= 15 is 0 Å². The van der Waals surface area contributed by atoms with Crippen LogP contribution in [-0.4, -0.2) is 38.1 Å². The van der Waals surface area contributed by atoms with Crippen molar-refractivity contribution in [2.45, 2.75) is 17.6 Å².